The van der Waals surface area contributed by atoms with E-state index in [2.05, 4.69) is 15.9 Å². The zero-order valence-corrected chi connectivity index (χ0v) is 12.4. The van der Waals surface area contributed by atoms with Crippen molar-refractivity contribution >= 4 is 43.5 Å². The fourth-order valence-corrected chi connectivity index (χ4v) is 3.35. The highest BCUT2D eigenvalue weighted by Gasteiger charge is 2.17. The number of rotatable bonds is 3. The number of halogens is 1. The van der Waals surface area contributed by atoms with E-state index >= 15 is 0 Å². The van der Waals surface area contributed by atoms with Gasteiger partial charge in [-0.05, 0) is 35.8 Å². The van der Waals surface area contributed by atoms with E-state index < -0.39 is 5.97 Å². The molecule has 96 valence electrons. The second kappa shape index (κ2) is 5.24. The average molecular weight is 330 g/mol. The largest absolute Gasteiger partial charge is 0.462 e. The minimum Gasteiger partial charge on any atom is -0.462 e. The summed E-state index contributed by atoms with van der Waals surface area (Å²) in [7, 11) is 0. The molecule has 0 aliphatic heterocycles. The summed E-state index contributed by atoms with van der Waals surface area (Å²) >= 11 is 4.84. The number of carbonyl (C=O) groups excluding carboxylic acids is 1. The molecule has 18 heavy (non-hydrogen) atoms. The van der Waals surface area contributed by atoms with Gasteiger partial charge in [-0.1, -0.05) is 0 Å². The van der Waals surface area contributed by atoms with Gasteiger partial charge in [0, 0.05) is 12.7 Å². The molecule has 0 N–H and O–H groups in total. The van der Waals surface area contributed by atoms with Crippen molar-refractivity contribution in [1.29, 1.82) is 0 Å². The van der Waals surface area contributed by atoms with Crippen molar-refractivity contribution in [3.63, 3.8) is 0 Å². The predicted octanol–water partition coefficient (Wildman–Crippen LogP) is 3.02. The van der Waals surface area contributed by atoms with Crippen LogP contribution in [0.4, 0.5) is 0 Å². The maximum atomic E-state index is 12.2. The highest BCUT2D eigenvalue weighted by molar-refractivity contribution is 9.11. The standard InChI is InChI=1S/C12H12BrNO3S/c1-3-14-6-8(12(16)17-4-2)10(15)7-5-9(13)18-11(7)14/h5-6H,3-4H2,1-2H3. The number of aryl methyl sites for hydroxylation is 1. The van der Waals surface area contributed by atoms with Gasteiger partial charge in [0.25, 0.3) is 0 Å². The molecule has 0 unspecified atom stereocenters. The van der Waals surface area contributed by atoms with Crippen LogP contribution in [-0.2, 0) is 11.3 Å². The molecule has 2 aromatic rings. The van der Waals surface area contributed by atoms with E-state index in [0.717, 1.165) is 8.62 Å². The number of esters is 1. The molecule has 2 rings (SSSR count). The molecule has 0 aliphatic carbocycles. The average Bonchev–Trinajstić information content (AvgIpc) is 2.72. The third kappa shape index (κ3) is 2.22. The molecule has 0 fully saturated rings. The summed E-state index contributed by atoms with van der Waals surface area (Å²) in [5.74, 6) is -0.561. The van der Waals surface area contributed by atoms with Gasteiger partial charge in [0.15, 0.2) is 0 Å². The van der Waals surface area contributed by atoms with Crippen LogP contribution in [0.2, 0.25) is 0 Å². The van der Waals surface area contributed by atoms with Crippen molar-refractivity contribution in [1.82, 2.24) is 4.57 Å². The monoisotopic (exact) mass is 329 g/mol. The number of carbonyl (C=O) groups is 1. The van der Waals surface area contributed by atoms with Crippen LogP contribution < -0.4 is 5.43 Å². The van der Waals surface area contributed by atoms with E-state index in [-0.39, 0.29) is 17.6 Å². The smallest absolute Gasteiger partial charge is 0.343 e. The van der Waals surface area contributed by atoms with Crippen LogP contribution in [0, 0.1) is 0 Å². The maximum Gasteiger partial charge on any atom is 0.343 e. The molecule has 0 amide bonds. The summed E-state index contributed by atoms with van der Waals surface area (Å²) in [6.45, 7) is 4.63. The minimum absolute atomic E-state index is 0.0940. The second-order valence-corrected chi connectivity index (χ2v) is 6.06. The first-order valence-corrected chi connectivity index (χ1v) is 7.19. The summed E-state index contributed by atoms with van der Waals surface area (Å²) in [6, 6.07) is 1.75. The second-order valence-electron chi connectivity index (χ2n) is 3.65. The fourth-order valence-electron chi connectivity index (χ4n) is 1.74. The lowest BCUT2D eigenvalue weighted by Crippen LogP contribution is -2.19. The molecule has 0 atom stereocenters. The summed E-state index contributed by atoms with van der Waals surface area (Å²) in [5, 5.41) is 0.555. The number of nitrogens with zero attached hydrogens (tertiary/aromatic N) is 1. The van der Waals surface area contributed by atoms with E-state index in [0.29, 0.717) is 11.9 Å². The van der Waals surface area contributed by atoms with E-state index in [4.69, 9.17) is 4.74 Å². The summed E-state index contributed by atoms with van der Waals surface area (Å²) in [5.41, 5.74) is -0.174. The quantitative estimate of drug-likeness (QED) is 0.813. The molecule has 0 aliphatic rings. The first-order valence-electron chi connectivity index (χ1n) is 5.58. The normalized spacial score (nSPS) is 10.8. The van der Waals surface area contributed by atoms with Crippen molar-refractivity contribution in [3.8, 4) is 0 Å². The minimum atomic E-state index is -0.561. The van der Waals surface area contributed by atoms with Crippen LogP contribution >= 0.6 is 27.3 Å². The van der Waals surface area contributed by atoms with Gasteiger partial charge in [-0.25, -0.2) is 4.79 Å². The number of aromatic nitrogens is 1. The zero-order chi connectivity index (χ0) is 13.3. The van der Waals surface area contributed by atoms with Gasteiger partial charge in [-0.2, -0.15) is 0 Å². The SMILES string of the molecule is CCOC(=O)c1cn(CC)c2sc(Br)cc2c1=O. The molecule has 0 aromatic carbocycles. The van der Waals surface area contributed by atoms with Gasteiger partial charge in [0.05, 0.1) is 15.8 Å². The Morgan fingerprint density at radius 2 is 2.22 bits per heavy atom. The van der Waals surface area contributed by atoms with Crippen molar-refractivity contribution in [3.05, 3.63) is 31.8 Å². The maximum absolute atomic E-state index is 12.2. The number of hydrogen-bond donors (Lipinski definition) is 0. The van der Waals surface area contributed by atoms with Crippen LogP contribution in [-0.4, -0.2) is 17.1 Å². The van der Waals surface area contributed by atoms with E-state index in [1.54, 1.807) is 19.2 Å². The van der Waals surface area contributed by atoms with Crippen molar-refractivity contribution in [2.24, 2.45) is 0 Å². The molecular formula is C12H12BrNO3S. The van der Waals surface area contributed by atoms with Crippen molar-refractivity contribution < 1.29 is 9.53 Å². The highest BCUT2D eigenvalue weighted by Crippen LogP contribution is 2.28. The van der Waals surface area contributed by atoms with Crippen LogP contribution in [0.15, 0.2) is 20.8 Å². The molecule has 6 heteroatoms. The Kier molecular flexibility index (Phi) is 3.87. The van der Waals surface area contributed by atoms with E-state index in [9.17, 15) is 9.59 Å². The highest BCUT2D eigenvalue weighted by atomic mass is 79.9. The topological polar surface area (TPSA) is 48.3 Å². The first-order chi connectivity index (χ1) is 8.58. The lowest BCUT2D eigenvalue weighted by Gasteiger charge is -2.07. The lowest BCUT2D eigenvalue weighted by molar-refractivity contribution is 0.0524. The number of ether oxygens (including phenoxy) is 1. The molecule has 0 radical (unpaired) electrons. The van der Waals surface area contributed by atoms with E-state index in [1.165, 1.54) is 11.3 Å². The van der Waals surface area contributed by atoms with Gasteiger partial charge in [0.2, 0.25) is 5.43 Å². The Morgan fingerprint density at radius 1 is 1.50 bits per heavy atom. The summed E-state index contributed by atoms with van der Waals surface area (Å²) in [4.78, 5) is 24.8. The van der Waals surface area contributed by atoms with Crippen molar-refractivity contribution in [2.45, 2.75) is 20.4 Å². The Hall–Kier alpha value is -1.14. The van der Waals surface area contributed by atoms with Crippen LogP contribution in [0.25, 0.3) is 10.2 Å². The molecule has 0 spiro atoms. The van der Waals surface area contributed by atoms with Gasteiger partial charge < -0.3 is 9.30 Å². The Bertz CT molecular complexity index is 659. The van der Waals surface area contributed by atoms with Crippen LogP contribution in [0.1, 0.15) is 24.2 Å². The number of fused-ring (bicyclic) bond motifs is 1. The van der Waals surface area contributed by atoms with Gasteiger partial charge in [-0.3, -0.25) is 4.79 Å². The number of hydrogen-bond acceptors (Lipinski definition) is 4. The predicted molar refractivity (Wildman–Crippen MR) is 75.4 cm³/mol. The fraction of sp³-hybridized carbons (Fsp3) is 0.333. The Morgan fingerprint density at radius 3 is 2.83 bits per heavy atom. The van der Waals surface area contributed by atoms with Gasteiger partial charge in [0.1, 0.15) is 10.4 Å². The third-order valence-corrected chi connectivity index (χ3v) is 4.23. The molecule has 0 saturated carbocycles. The Balaban J connectivity index is 2.72. The number of thiophene rings is 1. The van der Waals surface area contributed by atoms with Gasteiger partial charge >= 0.3 is 5.97 Å². The zero-order valence-electron chi connectivity index (χ0n) is 10.0. The molecule has 0 saturated heterocycles. The number of pyridine rings is 1. The van der Waals surface area contributed by atoms with Gasteiger partial charge in [-0.15, -0.1) is 11.3 Å². The lowest BCUT2D eigenvalue weighted by atomic mass is 10.2. The van der Waals surface area contributed by atoms with E-state index in [1.807, 2.05) is 11.5 Å². The molecule has 4 nitrogen and oxygen atoms in total. The molecule has 0 bridgehead atoms. The third-order valence-electron chi connectivity index (χ3n) is 2.55. The van der Waals surface area contributed by atoms with Crippen LogP contribution in [0.3, 0.4) is 0 Å². The summed E-state index contributed by atoms with van der Waals surface area (Å²) in [6.07, 6.45) is 1.58. The molecule has 2 heterocycles. The van der Waals surface area contributed by atoms with Crippen LogP contribution in [0.5, 0.6) is 0 Å². The summed E-state index contributed by atoms with van der Waals surface area (Å²) < 4.78 is 7.66. The Labute approximate surface area is 116 Å². The van der Waals surface area contributed by atoms with Crippen molar-refractivity contribution in [2.75, 3.05) is 6.61 Å². The first kappa shape index (κ1) is 13.3. The molecule has 2 aromatic heterocycles. The molecular weight excluding hydrogens is 318 g/mol.